The smallest absolute Gasteiger partial charge is 0.293 e. The van der Waals surface area contributed by atoms with Gasteiger partial charge >= 0.3 is 0 Å². The summed E-state index contributed by atoms with van der Waals surface area (Å²) in [4.78, 5) is 31.2. The van der Waals surface area contributed by atoms with Gasteiger partial charge in [0.15, 0.2) is 0 Å². The fraction of sp³-hybridized carbons (Fsp3) is 0.262. The first-order valence-electron chi connectivity index (χ1n) is 18.3. The van der Waals surface area contributed by atoms with Crippen LogP contribution in [0, 0.1) is 10.1 Å². The second kappa shape index (κ2) is 16.6. The molecule has 5 aromatic carbocycles. The fourth-order valence-corrected chi connectivity index (χ4v) is 8.27. The molecule has 11 nitrogen and oxygen atoms in total. The minimum Gasteiger partial charge on any atom is -0.377 e. The molecule has 278 valence electrons. The number of amides is 1. The van der Waals surface area contributed by atoms with Crippen LogP contribution in [0.3, 0.4) is 0 Å². The number of carbonyl (C=O) groups is 1. The summed E-state index contributed by atoms with van der Waals surface area (Å²) in [6.45, 7) is 6.73. The third kappa shape index (κ3) is 8.96. The average Bonchev–Trinajstić information content (AvgIpc) is 3.20. The molecule has 2 heterocycles. The highest BCUT2D eigenvalue weighted by atomic mass is 32.2. The number of piperidine rings is 1. The van der Waals surface area contributed by atoms with E-state index in [1.165, 1.54) is 34.4 Å². The third-order valence-corrected chi connectivity index (χ3v) is 11.6. The zero-order chi connectivity index (χ0) is 37.5. The van der Waals surface area contributed by atoms with Crippen LogP contribution in [0.15, 0.2) is 132 Å². The molecule has 2 fully saturated rings. The van der Waals surface area contributed by atoms with E-state index in [2.05, 4.69) is 85.4 Å². The number of carbonyl (C=O) groups excluding carboxylic acids is 1. The van der Waals surface area contributed by atoms with Gasteiger partial charge in [0.1, 0.15) is 5.69 Å². The maximum absolute atomic E-state index is 13.3. The summed E-state index contributed by atoms with van der Waals surface area (Å²) in [6, 6.07) is 39.7. The van der Waals surface area contributed by atoms with E-state index in [0.717, 1.165) is 77.0 Å². The molecule has 0 spiro atoms. The van der Waals surface area contributed by atoms with Crippen LogP contribution in [-0.2, 0) is 23.1 Å². The Labute approximate surface area is 316 Å². The largest absolute Gasteiger partial charge is 0.377 e. The predicted molar refractivity (Wildman–Crippen MR) is 212 cm³/mol. The van der Waals surface area contributed by atoms with Gasteiger partial charge in [-0.25, -0.2) is 13.1 Å². The van der Waals surface area contributed by atoms with Crippen LogP contribution >= 0.6 is 0 Å². The molecule has 2 aliphatic rings. The van der Waals surface area contributed by atoms with E-state index >= 15 is 0 Å². The summed E-state index contributed by atoms with van der Waals surface area (Å²) in [5.41, 5.74) is 5.98. The van der Waals surface area contributed by atoms with Crippen LogP contribution in [0.2, 0.25) is 0 Å². The van der Waals surface area contributed by atoms with Gasteiger partial charge in [-0.05, 0) is 71.5 Å². The van der Waals surface area contributed by atoms with Crippen molar-refractivity contribution in [2.24, 2.45) is 0 Å². The number of likely N-dealkylation sites (tertiary alicyclic amines) is 1. The van der Waals surface area contributed by atoms with E-state index in [1.54, 1.807) is 12.1 Å². The normalized spacial score (nSPS) is 15.8. The topological polar surface area (TPSA) is 128 Å². The number of hydrogen-bond donors (Lipinski definition) is 2. The number of rotatable bonds is 12. The van der Waals surface area contributed by atoms with Crippen LogP contribution in [-0.4, -0.2) is 74.4 Å². The maximum Gasteiger partial charge on any atom is 0.293 e. The predicted octanol–water partition coefficient (Wildman–Crippen LogP) is 6.78. The molecule has 1 amide bonds. The SMILES string of the molecule is O=C(NS(=O)(=O)c1ccc(NC2CCN(Cc3ccccc3)CC2)c([N+](=O)[O-])c1)c1ccc(N2CCN(Cc3ccccc3-c3ccccc3)CC2)cc1. The Hall–Kier alpha value is -5.56. The second-order valence-corrected chi connectivity index (χ2v) is 15.6. The molecule has 0 bridgehead atoms. The van der Waals surface area contributed by atoms with Crippen molar-refractivity contribution in [2.75, 3.05) is 49.5 Å². The van der Waals surface area contributed by atoms with Gasteiger partial charge in [-0.1, -0.05) is 84.9 Å². The number of nitrogens with zero attached hydrogens (tertiary/aromatic N) is 4. The molecule has 0 aliphatic carbocycles. The van der Waals surface area contributed by atoms with Crippen molar-refractivity contribution in [2.45, 2.75) is 36.9 Å². The summed E-state index contributed by atoms with van der Waals surface area (Å²) < 4.78 is 28.6. The summed E-state index contributed by atoms with van der Waals surface area (Å²) >= 11 is 0. The zero-order valence-corrected chi connectivity index (χ0v) is 30.8. The van der Waals surface area contributed by atoms with Gasteiger partial charge in [-0.3, -0.25) is 24.7 Å². The van der Waals surface area contributed by atoms with Crippen molar-refractivity contribution in [3.05, 3.63) is 154 Å². The second-order valence-electron chi connectivity index (χ2n) is 13.9. The monoisotopic (exact) mass is 744 g/mol. The van der Waals surface area contributed by atoms with Crippen LogP contribution in [0.4, 0.5) is 17.1 Å². The first-order valence-corrected chi connectivity index (χ1v) is 19.8. The zero-order valence-electron chi connectivity index (χ0n) is 30.0. The van der Waals surface area contributed by atoms with Gasteiger partial charge in [0.25, 0.3) is 21.6 Å². The molecule has 2 saturated heterocycles. The van der Waals surface area contributed by atoms with Crippen LogP contribution in [0.25, 0.3) is 11.1 Å². The number of nitro benzene ring substituents is 1. The van der Waals surface area contributed by atoms with Crippen molar-refractivity contribution in [3.8, 4) is 11.1 Å². The van der Waals surface area contributed by atoms with Crippen molar-refractivity contribution >= 4 is 33.0 Å². The lowest BCUT2D eigenvalue weighted by atomic mass is 9.99. The van der Waals surface area contributed by atoms with Gasteiger partial charge in [-0.15, -0.1) is 0 Å². The maximum atomic E-state index is 13.3. The molecule has 2 N–H and O–H groups in total. The molecule has 0 atom stereocenters. The Balaban J connectivity index is 0.924. The summed E-state index contributed by atoms with van der Waals surface area (Å²) in [6.07, 6.45) is 1.58. The Kier molecular flexibility index (Phi) is 11.3. The van der Waals surface area contributed by atoms with E-state index in [9.17, 15) is 23.3 Å². The lowest BCUT2D eigenvalue weighted by Gasteiger charge is -2.36. The minimum absolute atomic E-state index is 0.00662. The summed E-state index contributed by atoms with van der Waals surface area (Å²) in [7, 11) is -4.39. The number of benzene rings is 5. The van der Waals surface area contributed by atoms with Crippen molar-refractivity contribution in [1.82, 2.24) is 14.5 Å². The number of nitrogens with one attached hydrogen (secondary N) is 2. The van der Waals surface area contributed by atoms with Crippen molar-refractivity contribution in [1.29, 1.82) is 0 Å². The number of hydrogen-bond acceptors (Lipinski definition) is 9. The quantitative estimate of drug-likeness (QED) is 0.105. The first kappa shape index (κ1) is 36.8. The van der Waals surface area contributed by atoms with Gasteiger partial charge in [-0.2, -0.15) is 0 Å². The molecule has 5 aromatic rings. The standard InChI is InChI=1S/C42H44N6O5S/c49-42(34-15-17-37(18-16-34)47-27-25-46(26-28-47)31-35-13-7-8-14-39(35)33-11-5-2-6-12-33)44-54(52,53)38-19-20-40(41(29-38)48(50)51)43-36-21-23-45(24-22-36)30-32-9-3-1-4-10-32/h1-20,29,36,43H,21-28,30-31H2,(H,44,49). The van der Waals surface area contributed by atoms with Crippen molar-refractivity contribution < 1.29 is 18.1 Å². The Morgan fingerprint density at radius 1 is 0.722 bits per heavy atom. The highest BCUT2D eigenvalue weighted by Crippen LogP contribution is 2.30. The first-order chi connectivity index (χ1) is 26.2. The van der Waals surface area contributed by atoms with E-state index in [0.29, 0.717) is 0 Å². The van der Waals surface area contributed by atoms with E-state index < -0.39 is 20.9 Å². The Morgan fingerprint density at radius 2 is 1.35 bits per heavy atom. The van der Waals surface area contributed by atoms with Gasteiger partial charge in [0, 0.05) is 75.7 Å². The summed E-state index contributed by atoms with van der Waals surface area (Å²) in [5, 5.41) is 15.3. The third-order valence-electron chi connectivity index (χ3n) is 10.3. The molecule has 54 heavy (non-hydrogen) atoms. The molecule has 0 unspecified atom stereocenters. The molecular weight excluding hydrogens is 701 g/mol. The fourth-order valence-electron chi connectivity index (χ4n) is 7.27. The molecule has 0 radical (unpaired) electrons. The van der Waals surface area contributed by atoms with E-state index in [1.807, 2.05) is 36.4 Å². The van der Waals surface area contributed by atoms with Crippen LogP contribution < -0.4 is 14.9 Å². The van der Waals surface area contributed by atoms with Crippen LogP contribution in [0.1, 0.15) is 34.3 Å². The van der Waals surface area contributed by atoms with Gasteiger partial charge < -0.3 is 10.2 Å². The Morgan fingerprint density at radius 3 is 2.04 bits per heavy atom. The number of sulfonamides is 1. The highest BCUT2D eigenvalue weighted by molar-refractivity contribution is 7.90. The number of anilines is 2. The van der Waals surface area contributed by atoms with E-state index in [-0.39, 0.29) is 27.9 Å². The van der Waals surface area contributed by atoms with Crippen LogP contribution in [0.5, 0.6) is 0 Å². The number of nitro groups is 1. The van der Waals surface area contributed by atoms with Gasteiger partial charge in [0.05, 0.1) is 9.82 Å². The van der Waals surface area contributed by atoms with Crippen molar-refractivity contribution in [3.63, 3.8) is 0 Å². The molecule has 0 saturated carbocycles. The average molecular weight is 745 g/mol. The molecule has 7 rings (SSSR count). The van der Waals surface area contributed by atoms with E-state index in [4.69, 9.17) is 0 Å². The molecule has 2 aliphatic heterocycles. The summed E-state index contributed by atoms with van der Waals surface area (Å²) in [5.74, 6) is -0.810. The minimum atomic E-state index is -4.39. The molecular formula is C42H44N6O5S. The highest BCUT2D eigenvalue weighted by Gasteiger charge is 2.27. The lowest BCUT2D eigenvalue weighted by molar-refractivity contribution is -0.384. The molecule has 0 aromatic heterocycles. The Bertz CT molecular complexity index is 2170. The molecule has 12 heteroatoms. The lowest BCUT2D eigenvalue weighted by Crippen LogP contribution is -2.46. The van der Waals surface area contributed by atoms with Gasteiger partial charge in [0.2, 0.25) is 0 Å². The number of piperazine rings is 1.